The van der Waals surface area contributed by atoms with Gasteiger partial charge < -0.3 is 14.9 Å². The van der Waals surface area contributed by atoms with Crippen molar-refractivity contribution in [1.82, 2.24) is 10.5 Å². The van der Waals surface area contributed by atoms with Crippen LogP contribution in [0.5, 0.6) is 0 Å². The molecule has 0 bridgehead atoms. The number of aliphatic hydroxyl groups is 1. The number of carbonyl (C=O) groups is 1. The van der Waals surface area contributed by atoms with E-state index in [2.05, 4.69) is 10.5 Å². The SMILES string of the molecule is CC(O)c1onc(-c2ccc(F)cc2)c1C(=O)NCc1cc(F)cc(F)c1. The Bertz CT molecular complexity index is 949. The lowest BCUT2D eigenvalue weighted by molar-refractivity contribution is 0.0938. The highest BCUT2D eigenvalue weighted by Crippen LogP contribution is 2.29. The summed E-state index contributed by atoms with van der Waals surface area (Å²) in [5.74, 6) is -2.72. The Labute approximate surface area is 152 Å². The van der Waals surface area contributed by atoms with E-state index in [1.165, 1.54) is 31.2 Å². The summed E-state index contributed by atoms with van der Waals surface area (Å²) in [5, 5.41) is 16.2. The maximum absolute atomic E-state index is 13.3. The fourth-order valence-corrected chi connectivity index (χ4v) is 2.60. The van der Waals surface area contributed by atoms with Crippen molar-refractivity contribution in [3.63, 3.8) is 0 Å². The molecule has 1 atom stereocenters. The fourth-order valence-electron chi connectivity index (χ4n) is 2.60. The molecule has 0 fully saturated rings. The summed E-state index contributed by atoms with van der Waals surface area (Å²) in [5.41, 5.74) is 0.718. The Hall–Kier alpha value is -3.13. The molecule has 0 spiro atoms. The predicted molar refractivity (Wildman–Crippen MR) is 90.1 cm³/mol. The van der Waals surface area contributed by atoms with Crippen molar-refractivity contribution in [3.05, 3.63) is 76.8 Å². The standard InChI is InChI=1S/C19H15F3N2O3/c1-10(25)18-16(17(24-27-18)12-2-4-13(20)5-3-12)19(26)23-9-11-6-14(21)8-15(22)7-11/h2-8,10,25H,9H2,1H3,(H,23,26). The second-order valence-corrected chi connectivity index (χ2v) is 5.91. The van der Waals surface area contributed by atoms with Crippen LogP contribution in [0.2, 0.25) is 0 Å². The van der Waals surface area contributed by atoms with Gasteiger partial charge in [-0.3, -0.25) is 4.79 Å². The zero-order valence-corrected chi connectivity index (χ0v) is 14.2. The normalized spacial score (nSPS) is 12.0. The van der Waals surface area contributed by atoms with Crippen molar-refractivity contribution < 1.29 is 27.6 Å². The van der Waals surface area contributed by atoms with E-state index >= 15 is 0 Å². The number of hydrogen-bond donors (Lipinski definition) is 2. The van der Waals surface area contributed by atoms with Gasteiger partial charge in [0.25, 0.3) is 5.91 Å². The molecule has 1 unspecified atom stereocenters. The molecule has 0 saturated carbocycles. The molecule has 140 valence electrons. The van der Waals surface area contributed by atoms with Crippen LogP contribution in [0.25, 0.3) is 11.3 Å². The van der Waals surface area contributed by atoms with Crippen LogP contribution >= 0.6 is 0 Å². The molecule has 1 heterocycles. The fraction of sp³-hybridized carbons (Fsp3) is 0.158. The average Bonchev–Trinajstić information content (AvgIpc) is 3.05. The molecular weight excluding hydrogens is 361 g/mol. The third-order valence-electron chi connectivity index (χ3n) is 3.82. The minimum Gasteiger partial charge on any atom is -0.385 e. The molecule has 5 nitrogen and oxygen atoms in total. The second kappa shape index (κ2) is 7.63. The van der Waals surface area contributed by atoms with Crippen LogP contribution < -0.4 is 5.32 Å². The molecule has 2 N–H and O–H groups in total. The van der Waals surface area contributed by atoms with Crippen LogP contribution in [-0.2, 0) is 6.54 Å². The Morgan fingerprint density at radius 2 is 1.74 bits per heavy atom. The molecule has 2 aromatic carbocycles. The molecule has 8 heteroatoms. The summed E-state index contributed by atoms with van der Waals surface area (Å²) < 4.78 is 44.8. The third kappa shape index (κ3) is 4.17. The summed E-state index contributed by atoms with van der Waals surface area (Å²) in [6.45, 7) is 1.24. The maximum Gasteiger partial charge on any atom is 0.257 e. The minimum absolute atomic E-state index is 0.0338. The van der Waals surface area contributed by atoms with E-state index in [1.807, 2.05) is 0 Å². The molecule has 0 aliphatic heterocycles. The van der Waals surface area contributed by atoms with E-state index in [0.29, 0.717) is 5.56 Å². The van der Waals surface area contributed by atoms with Gasteiger partial charge in [0.1, 0.15) is 34.8 Å². The van der Waals surface area contributed by atoms with Gasteiger partial charge in [0.15, 0.2) is 5.76 Å². The van der Waals surface area contributed by atoms with Crippen LogP contribution in [0.15, 0.2) is 47.0 Å². The number of nitrogens with zero attached hydrogens (tertiary/aromatic N) is 1. The van der Waals surface area contributed by atoms with Gasteiger partial charge in [0.05, 0.1) is 0 Å². The lowest BCUT2D eigenvalue weighted by Crippen LogP contribution is -2.24. The number of carbonyl (C=O) groups excluding carboxylic acids is 1. The molecule has 1 amide bonds. The number of hydrogen-bond acceptors (Lipinski definition) is 4. The summed E-state index contributed by atoms with van der Waals surface area (Å²) in [6.07, 6.45) is -1.13. The number of benzene rings is 2. The molecule has 0 saturated heterocycles. The number of rotatable bonds is 5. The van der Waals surface area contributed by atoms with Gasteiger partial charge in [-0.2, -0.15) is 0 Å². The van der Waals surface area contributed by atoms with Gasteiger partial charge in [-0.25, -0.2) is 13.2 Å². The monoisotopic (exact) mass is 376 g/mol. The number of amides is 1. The highest BCUT2D eigenvalue weighted by molar-refractivity contribution is 6.00. The van der Waals surface area contributed by atoms with E-state index in [1.54, 1.807) is 0 Å². The van der Waals surface area contributed by atoms with E-state index in [-0.39, 0.29) is 29.1 Å². The van der Waals surface area contributed by atoms with E-state index in [0.717, 1.165) is 18.2 Å². The Morgan fingerprint density at radius 3 is 2.33 bits per heavy atom. The van der Waals surface area contributed by atoms with Gasteiger partial charge >= 0.3 is 0 Å². The smallest absolute Gasteiger partial charge is 0.257 e. The molecule has 27 heavy (non-hydrogen) atoms. The van der Waals surface area contributed by atoms with E-state index in [9.17, 15) is 23.1 Å². The van der Waals surface area contributed by atoms with Crippen molar-refractivity contribution in [3.8, 4) is 11.3 Å². The van der Waals surface area contributed by atoms with Crippen molar-refractivity contribution >= 4 is 5.91 Å². The van der Waals surface area contributed by atoms with Gasteiger partial charge in [-0.15, -0.1) is 0 Å². The Balaban J connectivity index is 1.90. The van der Waals surface area contributed by atoms with Gasteiger partial charge in [0.2, 0.25) is 0 Å². The van der Waals surface area contributed by atoms with Gasteiger partial charge in [0, 0.05) is 18.2 Å². The summed E-state index contributed by atoms with van der Waals surface area (Å²) >= 11 is 0. The van der Waals surface area contributed by atoms with Crippen molar-refractivity contribution in [2.24, 2.45) is 0 Å². The summed E-state index contributed by atoms with van der Waals surface area (Å²) in [6, 6.07) is 8.13. The third-order valence-corrected chi connectivity index (χ3v) is 3.82. The molecular formula is C19H15F3N2O3. The number of nitrogens with one attached hydrogen (secondary N) is 1. The van der Waals surface area contributed by atoms with E-state index in [4.69, 9.17) is 4.52 Å². The highest BCUT2D eigenvalue weighted by Gasteiger charge is 2.26. The van der Waals surface area contributed by atoms with Crippen LogP contribution in [0, 0.1) is 17.5 Å². The molecule has 0 radical (unpaired) electrons. The van der Waals surface area contributed by atoms with E-state index < -0.39 is 29.5 Å². The molecule has 0 aliphatic carbocycles. The zero-order valence-electron chi connectivity index (χ0n) is 14.2. The second-order valence-electron chi connectivity index (χ2n) is 5.91. The van der Waals surface area contributed by atoms with Crippen LogP contribution in [-0.4, -0.2) is 16.2 Å². The number of halogens is 3. The van der Waals surface area contributed by atoms with Crippen LogP contribution in [0.4, 0.5) is 13.2 Å². The first-order valence-corrected chi connectivity index (χ1v) is 8.02. The molecule has 3 rings (SSSR count). The number of aromatic nitrogens is 1. The maximum atomic E-state index is 13.3. The van der Waals surface area contributed by atoms with Crippen molar-refractivity contribution in [2.45, 2.75) is 19.6 Å². The Kier molecular flexibility index (Phi) is 5.27. The van der Waals surface area contributed by atoms with Crippen molar-refractivity contribution in [1.29, 1.82) is 0 Å². The van der Waals surface area contributed by atoms with Gasteiger partial charge in [-0.1, -0.05) is 5.16 Å². The van der Waals surface area contributed by atoms with Crippen LogP contribution in [0.3, 0.4) is 0 Å². The summed E-state index contributed by atoms with van der Waals surface area (Å²) in [4.78, 5) is 12.7. The molecule has 3 aromatic rings. The molecule has 0 aliphatic rings. The molecule has 1 aromatic heterocycles. The van der Waals surface area contributed by atoms with Gasteiger partial charge in [-0.05, 0) is 48.9 Å². The first kappa shape index (κ1) is 18.7. The summed E-state index contributed by atoms with van der Waals surface area (Å²) in [7, 11) is 0. The number of aliphatic hydroxyl groups excluding tert-OH is 1. The highest BCUT2D eigenvalue weighted by atomic mass is 19.1. The quantitative estimate of drug-likeness (QED) is 0.711. The van der Waals surface area contributed by atoms with Crippen LogP contribution in [0.1, 0.15) is 34.7 Å². The predicted octanol–water partition coefficient (Wildman–Crippen LogP) is 3.74. The lowest BCUT2D eigenvalue weighted by Gasteiger charge is -2.08. The first-order valence-electron chi connectivity index (χ1n) is 8.02. The average molecular weight is 376 g/mol. The lowest BCUT2D eigenvalue weighted by atomic mass is 10.0. The topological polar surface area (TPSA) is 75.4 Å². The first-order chi connectivity index (χ1) is 12.8. The van der Waals surface area contributed by atoms with Crippen molar-refractivity contribution in [2.75, 3.05) is 0 Å². The largest absolute Gasteiger partial charge is 0.385 e. The zero-order chi connectivity index (χ0) is 19.6. The minimum atomic E-state index is -1.13. The Morgan fingerprint density at radius 1 is 1.11 bits per heavy atom.